The van der Waals surface area contributed by atoms with E-state index in [0.29, 0.717) is 19.6 Å². The summed E-state index contributed by atoms with van der Waals surface area (Å²) in [6, 6.07) is 0. The summed E-state index contributed by atoms with van der Waals surface area (Å²) in [5, 5.41) is 8.80. The number of aliphatic hydroxyl groups is 1. The van der Waals surface area contributed by atoms with Crippen molar-refractivity contribution < 1.29 is 14.6 Å². The molecule has 0 spiro atoms. The van der Waals surface area contributed by atoms with E-state index in [1.807, 2.05) is 6.92 Å². The third-order valence-corrected chi connectivity index (χ3v) is 2.71. The SMILES string of the molecule is CCN(CCO)C(=O)C1CCC(CN)O1. The van der Waals surface area contributed by atoms with Crippen LogP contribution in [0.3, 0.4) is 0 Å². The minimum Gasteiger partial charge on any atom is -0.395 e. The van der Waals surface area contributed by atoms with E-state index in [4.69, 9.17) is 15.6 Å². The maximum Gasteiger partial charge on any atom is 0.251 e. The molecule has 0 saturated carbocycles. The molecule has 1 saturated heterocycles. The predicted octanol–water partition coefficient (Wildman–Crippen LogP) is -0.666. The summed E-state index contributed by atoms with van der Waals surface area (Å²) in [6.45, 7) is 3.33. The summed E-state index contributed by atoms with van der Waals surface area (Å²) >= 11 is 0. The van der Waals surface area contributed by atoms with E-state index in [1.54, 1.807) is 4.90 Å². The lowest BCUT2D eigenvalue weighted by molar-refractivity contribution is -0.143. The highest BCUT2D eigenvalue weighted by Crippen LogP contribution is 2.20. The van der Waals surface area contributed by atoms with Crippen LogP contribution >= 0.6 is 0 Å². The highest BCUT2D eigenvalue weighted by molar-refractivity contribution is 5.81. The first-order valence-corrected chi connectivity index (χ1v) is 5.48. The molecule has 15 heavy (non-hydrogen) atoms. The van der Waals surface area contributed by atoms with Gasteiger partial charge in [0.1, 0.15) is 6.10 Å². The fourth-order valence-corrected chi connectivity index (χ4v) is 1.81. The molecule has 0 aromatic rings. The van der Waals surface area contributed by atoms with Crippen LogP contribution in [0.15, 0.2) is 0 Å². The number of hydrogen-bond donors (Lipinski definition) is 2. The Bertz CT molecular complexity index is 211. The molecule has 2 unspecified atom stereocenters. The van der Waals surface area contributed by atoms with Crippen LogP contribution in [-0.4, -0.2) is 54.4 Å². The highest BCUT2D eigenvalue weighted by atomic mass is 16.5. The van der Waals surface area contributed by atoms with Gasteiger partial charge in [-0.25, -0.2) is 0 Å². The number of carbonyl (C=O) groups is 1. The first-order valence-electron chi connectivity index (χ1n) is 5.48. The van der Waals surface area contributed by atoms with Crippen molar-refractivity contribution >= 4 is 5.91 Å². The van der Waals surface area contributed by atoms with E-state index in [2.05, 4.69) is 0 Å². The number of amides is 1. The average molecular weight is 216 g/mol. The topological polar surface area (TPSA) is 75.8 Å². The van der Waals surface area contributed by atoms with Gasteiger partial charge in [-0.2, -0.15) is 0 Å². The highest BCUT2D eigenvalue weighted by Gasteiger charge is 2.32. The molecule has 88 valence electrons. The fourth-order valence-electron chi connectivity index (χ4n) is 1.81. The molecule has 5 nitrogen and oxygen atoms in total. The summed E-state index contributed by atoms with van der Waals surface area (Å²) in [5.74, 6) is -0.0255. The van der Waals surface area contributed by atoms with Crippen molar-refractivity contribution in [1.82, 2.24) is 4.90 Å². The van der Waals surface area contributed by atoms with Gasteiger partial charge >= 0.3 is 0 Å². The largest absolute Gasteiger partial charge is 0.395 e. The van der Waals surface area contributed by atoms with Crippen molar-refractivity contribution in [3.05, 3.63) is 0 Å². The van der Waals surface area contributed by atoms with Gasteiger partial charge in [-0.1, -0.05) is 0 Å². The molecule has 1 aliphatic rings. The molecule has 1 heterocycles. The Morgan fingerprint density at radius 3 is 2.80 bits per heavy atom. The van der Waals surface area contributed by atoms with Crippen molar-refractivity contribution in [1.29, 1.82) is 0 Å². The Balaban J connectivity index is 2.45. The van der Waals surface area contributed by atoms with Crippen molar-refractivity contribution in [2.24, 2.45) is 5.73 Å². The molecule has 0 aliphatic carbocycles. The van der Waals surface area contributed by atoms with Crippen LogP contribution in [0.5, 0.6) is 0 Å². The second-order valence-electron chi connectivity index (χ2n) is 3.70. The number of nitrogens with two attached hydrogens (primary N) is 1. The average Bonchev–Trinajstić information content (AvgIpc) is 2.73. The summed E-state index contributed by atoms with van der Waals surface area (Å²) < 4.78 is 5.50. The second-order valence-corrected chi connectivity index (χ2v) is 3.70. The normalized spacial score (nSPS) is 25.5. The molecule has 0 radical (unpaired) electrons. The van der Waals surface area contributed by atoms with Gasteiger partial charge in [0.05, 0.1) is 12.7 Å². The van der Waals surface area contributed by atoms with Crippen LogP contribution in [0.1, 0.15) is 19.8 Å². The number of ether oxygens (including phenoxy) is 1. The number of aliphatic hydroxyl groups excluding tert-OH is 1. The maximum atomic E-state index is 11.9. The van der Waals surface area contributed by atoms with E-state index >= 15 is 0 Å². The molecule has 0 aromatic heterocycles. The quantitative estimate of drug-likeness (QED) is 0.639. The monoisotopic (exact) mass is 216 g/mol. The van der Waals surface area contributed by atoms with E-state index in [9.17, 15) is 4.79 Å². The molecule has 0 bridgehead atoms. The molecule has 1 rings (SSSR count). The van der Waals surface area contributed by atoms with E-state index < -0.39 is 0 Å². The van der Waals surface area contributed by atoms with Gasteiger partial charge in [-0.3, -0.25) is 4.79 Å². The molecule has 1 amide bonds. The van der Waals surface area contributed by atoms with E-state index in [-0.39, 0.29) is 24.7 Å². The van der Waals surface area contributed by atoms with Crippen LogP contribution in [-0.2, 0) is 9.53 Å². The van der Waals surface area contributed by atoms with Gasteiger partial charge in [0, 0.05) is 19.6 Å². The molecule has 3 N–H and O–H groups in total. The molecular weight excluding hydrogens is 196 g/mol. The standard InChI is InChI=1S/C10H20N2O3/c1-2-12(5-6-13)10(14)9-4-3-8(7-11)15-9/h8-9,13H,2-7,11H2,1H3. The number of likely N-dealkylation sites (N-methyl/N-ethyl adjacent to an activating group) is 1. The molecule has 5 heteroatoms. The molecule has 1 aliphatic heterocycles. The van der Waals surface area contributed by atoms with Crippen LogP contribution in [0.4, 0.5) is 0 Å². The number of hydrogen-bond acceptors (Lipinski definition) is 4. The molecule has 2 atom stereocenters. The summed E-state index contributed by atoms with van der Waals surface area (Å²) in [4.78, 5) is 13.5. The van der Waals surface area contributed by atoms with Crippen LogP contribution in [0, 0.1) is 0 Å². The lowest BCUT2D eigenvalue weighted by Gasteiger charge is -2.23. The number of rotatable bonds is 5. The lowest BCUT2D eigenvalue weighted by atomic mass is 10.2. The molecule has 1 fully saturated rings. The summed E-state index contributed by atoms with van der Waals surface area (Å²) in [6.07, 6.45) is 1.25. The van der Waals surface area contributed by atoms with Crippen molar-refractivity contribution in [3.63, 3.8) is 0 Å². The Labute approximate surface area is 90.2 Å². The summed E-state index contributed by atoms with van der Waals surface area (Å²) in [5.41, 5.74) is 5.47. The van der Waals surface area contributed by atoms with Gasteiger partial charge in [0.15, 0.2) is 0 Å². The third-order valence-electron chi connectivity index (χ3n) is 2.71. The van der Waals surface area contributed by atoms with Crippen molar-refractivity contribution in [2.45, 2.75) is 32.0 Å². The zero-order chi connectivity index (χ0) is 11.3. The van der Waals surface area contributed by atoms with Crippen LogP contribution in [0.25, 0.3) is 0 Å². The first-order chi connectivity index (χ1) is 7.22. The molecular formula is C10H20N2O3. The third kappa shape index (κ3) is 3.15. The van der Waals surface area contributed by atoms with Crippen molar-refractivity contribution in [2.75, 3.05) is 26.2 Å². The van der Waals surface area contributed by atoms with Crippen molar-refractivity contribution in [3.8, 4) is 0 Å². The van der Waals surface area contributed by atoms with Crippen LogP contribution < -0.4 is 5.73 Å². The zero-order valence-electron chi connectivity index (χ0n) is 9.19. The van der Waals surface area contributed by atoms with Gasteiger partial charge in [-0.05, 0) is 19.8 Å². The first kappa shape index (κ1) is 12.4. The Hall–Kier alpha value is -0.650. The predicted molar refractivity (Wildman–Crippen MR) is 56.3 cm³/mol. The Kier molecular flexibility index (Phi) is 5.01. The zero-order valence-corrected chi connectivity index (χ0v) is 9.19. The smallest absolute Gasteiger partial charge is 0.251 e. The minimum atomic E-state index is -0.356. The minimum absolute atomic E-state index is 0.00732. The maximum absolute atomic E-state index is 11.9. The fraction of sp³-hybridized carbons (Fsp3) is 0.900. The van der Waals surface area contributed by atoms with Gasteiger partial charge in [-0.15, -0.1) is 0 Å². The van der Waals surface area contributed by atoms with Gasteiger partial charge < -0.3 is 20.5 Å². The van der Waals surface area contributed by atoms with Crippen LogP contribution in [0.2, 0.25) is 0 Å². The summed E-state index contributed by atoms with van der Waals surface area (Å²) in [7, 11) is 0. The number of carbonyl (C=O) groups excluding carboxylic acids is 1. The Morgan fingerprint density at radius 2 is 2.33 bits per heavy atom. The molecule has 0 aromatic carbocycles. The van der Waals surface area contributed by atoms with Gasteiger partial charge in [0.25, 0.3) is 5.91 Å². The Morgan fingerprint density at radius 1 is 1.60 bits per heavy atom. The second kappa shape index (κ2) is 6.05. The van der Waals surface area contributed by atoms with Gasteiger partial charge in [0.2, 0.25) is 0 Å². The lowest BCUT2D eigenvalue weighted by Crippen LogP contribution is -2.41. The number of nitrogens with zero attached hydrogens (tertiary/aromatic N) is 1. The van der Waals surface area contributed by atoms with E-state index in [1.165, 1.54) is 0 Å². The van der Waals surface area contributed by atoms with E-state index in [0.717, 1.165) is 12.8 Å².